The van der Waals surface area contributed by atoms with E-state index >= 15 is 0 Å². The molecule has 170 valence electrons. The van der Waals surface area contributed by atoms with Gasteiger partial charge in [-0.05, 0) is 55.4 Å². The van der Waals surface area contributed by atoms with Crippen LogP contribution in [0.2, 0.25) is 0 Å². The van der Waals surface area contributed by atoms with Crippen LogP contribution in [-0.2, 0) is 30.7 Å². The topological polar surface area (TPSA) is 58.4 Å². The van der Waals surface area contributed by atoms with E-state index in [2.05, 4.69) is 46.8 Å². The van der Waals surface area contributed by atoms with E-state index in [1.165, 1.54) is 5.56 Å². The number of ketones is 1. The van der Waals surface area contributed by atoms with Crippen LogP contribution in [0.5, 0.6) is 0 Å². The first-order chi connectivity index (χ1) is 15.5. The number of halogens is 1. The molecule has 1 aliphatic rings. The van der Waals surface area contributed by atoms with Crippen molar-refractivity contribution in [3.63, 3.8) is 0 Å². The molecule has 1 fully saturated rings. The summed E-state index contributed by atoms with van der Waals surface area (Å²) in [7, 11) is 0. The number of imidazole rings is 1. The predicted octanol–water partition coefficient (Wildman–Crippen LogP) is 4.17. The van der Waals surface area contributed by atoms with Crippen molar-refractivity contribution in [3.05, 3.63) is 71.2 Å². The molecule has 0 unspecified atom stereocenters. The lowest BCUT2D eigenvalue weighted by Gasteiger charge is -2.33. The van der Waals surface area contributed by atoms with Gasteiger partial charge in [0.05, 0.1) is 0 Å². The Morgan fingerprint density at radius 1 is 1.12 bits per heavy atom. The lowest BCUT2D eigenvalue weighted by Crippen LogP contribution is -2.46. The van der Waals surface area contributed by atoms with E-state index in [4.69, 9.17) is 0 Å². The summed E-state index contributed by atoms with van der Waals surface area (Å²) in [4.78, 5) is 16.0. The van der Waals surface area contributed by atoms with Gasteiger partial charge in [-0.25, -0.2) is 9.37 Å². The van der Waals surface area contributed by atoms with Gasteiger partial charge in [-0.3, -0.25) is 4.79 Å². The normalized spacial score (nSPS) is 21.2. The number of hydrogen-bond donors (Lipinski definition) is 2. The Morgan fingerprint density at radius 3 is 2.78 bits per heavy atom. The first kappa shape index (κ1) is 22.6. The first-order valence-electron chi connectivity index (χ1n) is 11.6. The molecule has 2 heterocycles. The smallest absolute Gasteiger partial charge is 0.141 e. The molecule has 0 aliphatic heterocycles. The van der Waals surface area contributed by atoms with Crippen LogP contribution in [0.25, 0.3) is 5.65 Å². The van der Waals surface area contributed by atoms with Crippen LogP contribution < -0.4 is 10.6 Å². The van der Waals surface area contributed by atoms with Crippen LogP contribution in [0.4, 0.5) is 4.39 Å². The summed E-state index contributed by atoms with van der Waals surface area (Å²) in [6.07, 6.45) is 8.48. The molecule has 6 heteroatoms. The molecule has 2 N–H and O–H groups in total. The summed E-state index contributed by atoms with van der Waals surface area (Å²) in [5.41, 5.74) is 5.50. The van der Waals surface area contributed by atoms with Crippen molar-refractivity contribution in [3.8, 4) is 0 Å². The van der Waals surface area contributed by atoms with Crippen LogP contribution in [0.15, 0.2) is 48.9 Å². The molecule has 4 rings (SSSR count). The van der Waals surface area contributed by atoms with Gasteiger partial charge in [0.1, 0.15) is 17.6 Å². The SMILES string of the molecule is CCc1ccc(CN[C@@H]2CC[C@@H](NCc3cccn4ccnc34)C[C@@H]2F)cc1CC(C)=O. The number of nitrogens with zero attached hydrogens (tertiary/aromatic N) is 2. The van der Waals surface area contributed by atoms with Gasteiger partial charge in [0.25, 0.3) is 0 Å². The van der Waals surface area contributed by atoms with E-state index in [0.717, 1.165) is 41.6 Å². The highest BCUT2D eigenvalue weighted by Gasteiger charge is 2.30. The minimum absolute atomic E-state index is 0.133. The number of pyridine rings is 1. The van der Waals surface area contributed by atoms with Gasteiger partial charge >= 0.3 is 0 Å². The van der Waals surface area contributed by atoms with E-state index in [1.54, 1.807) is 13.1 Å². The van der Waals surface area contributed by atoms with E-state index < -0.39 is 6.17 Å². The second-order valence-corrected chi connectivity index (χ2v) is 8.92. The molecule has 32 heavy (non-hydrogen) atoms. The van der Waals surface area contributed by atoms with Crippen molar-refractivity contribution in [1.29, 1.82) is 0 Å². The van der Waals surface area contributed by atoms with Crippen molar-refractivity contribution in [1.82, 2.24) is 20.0 Å². The molecule has 0 bridgehead atoms. The fourth-order valence-electron chi connectivity index (χ4n) is 4.75. The summed E-state index contributed by atoms with van der Waals surface area (Å²) >= 11 is 0. The highest BCUT2D eigenvalue weighted by atomic mass is 19.1. The fraction of sp³-hybridized carbons (Fsp3) is 0.462. The number of carbonyl (C=O) groups is 1. The summed E-state index contributed by atoms with van der Waals surface area (Å²) < 4.78 is 16.9. The standard InChI is InChI=1S/C26H33FN4O/c1-3-20-7-6-19(14-22(20)13-18(2)32)16-30-25-9-8-23(15-24(25)27)29-17-21-5-4-11-31-12-10-28-26(21)31/h4-7,10-12,14,23-25,29-30H,3,8-9,13,15-17H2,1-2H3/t23-,24+,25-/m1/s1. The molecule has 1 aliphatic carbocycles. The summed E-state index contributed by atoms with van der Waals surface area (Å²) in [5, 5.41) is 6.95. The monoisotopic (exact) mass is 436 g/mol. The van der Waals surface area contributed by atoms with Gasteiger partial charge in [-0.1, -0.05) is 31.2 Å². The Kier molecular flexibility index (Phi) is 7.33. The number of Topliss-reactive ketones (excluding diaryl/α,β-unsaturated/α-hetero) is 1. The average Bonchev–Trinajstić information content (AvgIpc) is 3.26. The van der Waals surface area contributed by atoms with Crippen molar-refractivity contribution in [2.75, 3.05) is 0 Å². The van der Waals surface area contributed by atoms with Crippen molar-refractivity contribution < 1.29 is 9.18 Å². The maximum atomic E-state index is 14.9. The Balaban J connectivity index is 1.28. The lowest BCUT2D eigenvalue weighted by molar-refractivity contribution is -0.116. The number of aryl methyl sites for hydroxylation is 1. The minimum Gasteiger partial charge on any atom is -0.310 e. The van der Waals surface area contributed by atoms with Crippen molar-refractivity contribution in [2.24, 2.45) is 0 Å². The van der Waals surface area contributed by atoms with Crippen LogP contribution in [0, 0.1) is 0 Å². The Morgan fingerprint density at radius 2 is 2.00 bits per heavy atom. The Labute approximate surface area is 189 Å². The third kappa shape index (κ3) is 5.43. The van der Waals surface area contributed by atoms with Crippen LogP contribution in [0.1, 0.15) is 55.4 Å². The van der Waals surface area contributed by atoms with E-state index in [0.29, 0.717) is 25.9 Å². The number of nitrogens with one attached hydrogen (secondary N) is 2. The van der Waals surface area contributed by atoms with Gasteiger partial charge < -0.3 is 15.0 Å². The molecule has 0 spiro atoms. The summed E-state index contributed by atoms with van der Waals surface area (Å²) in [6, 6.07) is 10.4. The zero-order valence-electron chi connectivity index (χ0n) is 19.0. The highest BCUT2D eigenvalue weighted by molar-refractivity contribution is 5.78. The largest absolute Gasteiger partial charge is 0.310 e. The molecular formula is C26H33FN4O. The van der Waals surface area contributed by atoms with E-state index in [9.17, 15) is 9.18 Å². The first-order valence-corrected chi connectivity index (χ1v) is 11.6. The number of rotatable bonds is 9. The van der Waals surface area contributed by atoms with Gasteiger partial charge in [0.2, 0.25) is 0 Å². The third-order valence-electron chi connectivity index (χ3n) is 6.51. The molecule has 1 saturated carbocycles. The van der Waals surface area contributed by atoms with Gasteiger partial charge in [-0.15, -0.1) is 0 Å². The van der Waals surface area contributed by atoms with Crippen molar-refractivity contribution in [2.45, 2.75) is 77.3 Å². The Hall–Kier alpha value is -2.57. The maximum absolute atomic E-state index is 14.9. The lowest BCUT2D eigenvalue weighted by atomic mass is 9.89. The van der Waals surface area contributed by atoms with Gasteiger partial charge in [0.15, 0.2) is 0 Å². The summed E-state index contributed by atoms with van der Waals surface area (Å²) in [6.45, 7) is 5.05. The zero-order chi connectivity index (χ0) is 22.5. The van der Waals surface area contributed by atoms with E-state index in [1.807, 2.05) is 22.9 Å². The zero-order valence-corrected chi connectivity index (χ0v) is 19.0. The highest BCUT2D eigenvalue weighted by Crippen LogP contribution is 2.23. The number of alkyl halides is 1. The van der Waals surface area contributed by atoms with Crippen LogP contribution in [0.3, 0.4) is 0 Å². The van der Waals surface area contributed by atoms with Gasteiger partial charge in [0, 0.05) is 55.7 Å². The Bertz CT molecular complexity index is 1060. The number of carbonyl (C=O) groups excluding carboxylic acids is 1. The quantitative estimate of drug-likeness (QED) is 0.529. The van der Waals surface area contributed by atoms with Crippen molar-refractivity contribution >= 4 is 11.4 Å². The molecular weight excluding hydrogens is 403 g/mol. The number of aromatic nitrogens is 2. The number of fused-ring (bicyclic) bond motifs is 1. The second kappa shape index (κ2) is 10.4. The average molecular weight is 437 g/mol. The predicted molar refractivity (Wildman–Crippen MR) is 125 cm³/mol. The molecule has 0 amide bonds. The van der Waals surface area contributed by atoms with E-state index in [-0.39, 0.29) is 17.9 Å². The fourth-order valence-corrected chi connectivity index (χ4v) is 4.75. The molecule has 0 radical (unpaired) electrons. The molecule has 3 aromatic rings. The maximum Gasteiger partial charge on any atom is 0.141 e. The number of hydrogen-bond acceptors (Lipinski definition) is 4. The van der Waals surface area contributed by atoms with Gasteiger partial charge in [-0.2, -0.15) is 0 Å². The molecule has 0 saturated heterocycles. The molecule has 2 aromatic heterocycles. The summed E-state index contributed by atoms with van der Waals surface area (Å²) in [5.74, 6) is 0.170. The number of benzene rings is 1. The third-order valence-corrected chi connectivity index (χ3v) is 6.51. The van der Waals surface area contributed by atoms with Crippen LogP contribution >= 0.6 is 0 Å². The van der Waals surface area contributed by atoms with Crippen LogP contribution in [-0.4, -0.2) is 33.4 Å². The minimum atomic E-state index is -0.880. The molecule has 1 aromatic carbocycles. The molecule has 3 atom stereocenters. The second-order valence-electron chi connectivity index (χ2n) is 8.92. The molecule has 5 nitrogen and oxygen atoms in total.